The zero-order valence-electron chi connectivity index (χ0n) is 56.7. The van der Waals surface area contributed by atoms with E-state index in [1.807, 2.05) is 21.1 Å². The Morgan fingerprint density at radius 3 is 0.952 bits per heavy atom. The molecule has 0 bridgehead atoms. The zero-order valence-corrected chi connectivity index (χ0v) is 57.6. The number of carbonyl (C=O) groups is 2. The van der Waals surface area contributed by atoms with Crippen molar-refractivity contribution < 1.29 is 42.1 Å². The summed E-state index contributed by atoms with van der Waals surface area (Å²) in [4.78, 5) is 35.9. The number of phosphoric ester groups is 1. The van der Waals surface area contributed by atoms with E-state index >= 15 is 0 Å². The monoisotopic (exact) mass is 1210 g/mol. The van der Waals surface area contributed by atoms with Gasteiger partial charge in [-0.3, -0.25) is 18.6 Å². The maximum atomic E-state index is 12.9. The SMILES string of the molecule is CCCCCCC/C=C\C/C=C\CCCCCCCCCCCCCC(=O)OC(COC(=O)CCCCCCCCCCCCCCCCCCCCCCCCCCC/C=C\CCCCCCCCCC)COP(=O)(O)OCC[N+](C)(C)C. The van der Waals surface area contributed by atoms with Crippen LogP contribution in [0.2, 0.25) is 0 Å². The lowest BCUT2D eigenvalue weighted by Gasteiger charge is -2.24. The van der Waals surface area contributed by atoms with Crippen molar-refractivity contribution in [3.8, 4) is 0 Å². The minimum Gasteiger partial charge on any atom is -0.462 e. The molecule has 0 saturated carbocycles. The minimum atomic E-state index is -4.39. The maximum absolute atomic E-state index is 12.9. The number of esters is 2. The summed E-state index contributed by atoms with van der Waals surface area (Å²) < 4.78 is 34.7. The second kappa shape index (κ2) is 65.7. The molecule has 0 amide bonds. The Kier molecular flexibility index (Phi) is 64.3. The molecule has 0 aromatic heterocycles. The van der Waals surface area contributed by atoms with E-state index in [1.54, 1.807) is 0 Å². The molecule has 2 atom stereocenters. The van der Waals surface area contributed by atoms with Crippen molar-refractivity contribution >= 4 is 19.8 Å². The number of hydrogen-bond acceptors (Lipinski definition) is 7. The quantitative estimate of drug-likeness (QED) is 0.0211. The summed E-state index contributed by atoms with van der Waals surface area (Å²) in [5, 5.41) is 0. The normalized spacial score (nSPS) is 13.3. The molecule has 10 heteroatoms. The Morgan fingerprint density at radius 1 is 0.369 bits per heavy atom. The number of ether oxygens (including phenoxy) is 2. The average molecular weight is 1210 g/mol. The van der Waals surface area contributed by atoms with Crippen LogP contribution >= 0.6 is 7.82 Å². The third-order valence-corrected chi connectivity index (χ3v) is 17.6. The van der Waals surface area contributed by atoms with E-state index in [0.29, 0.717) is 23.9 Å². The summed E-state index contributed by atoms with van der Waals surface area (Å²) in [6.07, 6.45) is 84.2. The Bertz CT molecular complexity index is 1510. The first-order chi connectivity index (χ1) is 41.0. The maximum Gasteiger partial charge on any atom is 0.472 e. The Hall–Kier alpha value is -1.77. The number of allylic oxidation sites excluding steroid dienone is 6. The largest absolute Gasteiger partial charge is 0.472 e. The van der Waals surface area contributed by atoms with E-state index in [4.69, 9.17) is 18.5 Å². The van der Waals surface area contributed by atoms with Crippen molar-refractivity contribution in [2.24, 2.45) is 0 Å². The molecule has 0 saturated heterocycles. The highest BCUT2D eigenvalue weighted by Crippen LogP contribution is 2.43. The first kappa shape index (κ1) is 82.2. The number of nitrogens with zero attached hydrogens (tertiary/aromatic N) is 1. The number of carbonyl (C=O) groups excluding carboxylic acids is 2. The first-order valence-electron chi connectivity index (χ1n) is 36.7. The number of phosphoric acid groups is 1. The van der Waals surface area contributed by atoms with Crippen LogP contribution in [0.4, 0.5) is 0 Å². The molecule has 9 nitrogen and oxygen atoms in total. The summed E-state index contributed by atoms with van der Waals surface area (Å²) in [7, 11) is 1.49. The van der Waals surface area contributed by atoms with Crippen LogP contribution in [0.5, 0.6) is 0 Å². The van der Waals surface area contributed by atoms with Crippen molar-refractivity contribution in [1.29, 1.82) is 0 Å². The van der Waals surface area contributed by atoms with Crippen LogP contribution in [0.1, 0.15) is 373 Å². The third kappa shape index (κ3) is 69.3. The van der Waals surface area contributed by atoms with Gasteiger partial charge in [0.25, 0.3) is 0 Å². The Labute approximate surface area is 522 Å². The van der Waals surface area contributed by atoms with Gasteiger partial charge in [0, 0.05) is 12.8 Å². The fraction of sp³-hybridized carbons (Fsp3) is 0.892. The van der Waals surface area contributed by atoms with E-state index in [2.05, 4.69) is 50.3 Å². The number of unbranched alkanes of at least 4 members (excludes halogenated alkanes) is 49. The molecule has 0 aromatic rings. The summed E-state index contributed by atoms with van der Waals surface area (Å²) in [5.41, 5.74) is 0. The molecule has 2 unspecified atom stereocenters. The number of likely N-dealkylation sites (N-methyl/N-ethyl adjacent to an activating group) is 1. The van der Waals surface area contributed by atoms with E-state index in [-0.39, 0.29) is 25.6 Å². The van der Waals surface area contributed by atoms with Crippen molar-refractivity contribution in [3.05, 3.63) is 36.5 Å². The Balaban J connectivity index is 3.92. The summed E-state index contributed by atoms with van der Waals surface area (Å²) >= 11 is 0. The van der Waals surface area contributed by atoms with Gasteiger partial charge >= 0.3 is 19.8 Å². The smallest absolute Gasteiger partial charge is 0.462 e. The Morgan fingerprint density at radius 2 is 0.643 bits per heavy atom. The number of quaternary nitrogens is 1. The van der Waals surface area contributed by atoms with Gasteiger partial charge < -0.3 is 18.9 Å². The molecule has 1 N–H and O–H groups in total. The number of rotatable bonds is 69. The van der Waals surface area contributed by atoms with Crippen molar-refractivity contribution in [1.82, 2.24) is 0 Å². The molecule has 0 fully saturated rings. The molecule has 0 radical (unpaired) electrons. The van der Waals surface area contributed by atoms with Crippen molar-refractivity contribution in [2.45, 2.75) is 380 Å². The van der Waals surface area contributed by atoms with Crippen molar-refractivity contribution in [2.75, 3.05) is 47.5 Å². The van der Waals surface area contributed by atoms with Gasteiger partial charge in [0.2, 0.25) is 0 Å². The summed E-state index contributed by atoms with van der Waals surface area (Å²) in [5.74, 6) is -0.780. The predicted molar refractivity (Wildman–Crippen MR) is 363 cm³/mol. The summed E-state index contributed by atoms with van der Waals surface area (Å²) in [6.45, 7) is 4.49. The van der Waals surface area contributed by atoms with Crippen LogP contribution in [-0.4, -0.2) is 74.9 Å². The van der Waals surface area contributed by atoms with Crippen LogP contribution in [0.3, 0.4) is 0 Å². The second-order valence-corrected chi connectivity index (χ2v) is 27.8. The molecule has 0 aliphatic carbocycles. The van der Waals surface area contributed by atoms with Crippen LogP contribution in [0, 0.1) is 0 Å². The van der Waals surface area contributed by atoms with Gasteiger partial charge in [-0.05, 0) is 70.6 Å². The van der Waals surface area contributed by atoms with Gasteiger partial charge in [-0.25, -0.2) is 4.57 Å². The lowest BCUT2D eigenvalue weighted by molar-refractivity contribution is -0.870. The molecule has 0 aliphatic heterocycles. The molecule has 0 aromatic carbocycles. The fourth-order valence-corrected chi connectivity index (χ4v) is 11.7. The van der Waals surface area contributed by atoms with E-state index < -0.39 is 26.5 Å². The van der Waals surface area contributed by atoms with E-state index in [9.17, 15) is 19.0 Å². The molecule has 84 heavy (non-hydrogen) atoms. The molecule has 496 valence electrons. The van der Waals surface area contributed by atoms with Gasteiger partial charge in [-0.15, -0.1) is 0 Å². The fourth-order valence-electron chi connectivity index (χ4n) is 11.0. The minimum absolute atomic E-state index is 0.0335. The highest BCUT2D eigenvalue weighted by Gasteiger charge is 2.27. The van der Waals surface area contributed by atoms with Gasteiger partial charge in [-0.2, -0.15) is 0 Å². The van der Waals surface area contributed by atoms with Gasteiger partial charge in [0.15, 0.2) is 6.10 Å². The molecule has 0 heterocycles. The topological polar surface area (TPSA) is 108 Å². The van der Waals surface area contributed by atoms with Gasteiger partial charge in [0.1, 0.15) is 19.8 Å². The van der Waals surface area contributed by atoms with Crippen LogP contribution in [0.15, 0.2) is 36.5 Å². The standard InChI is InChI=1S/C74H142NO8P/c1-6-8-10-12-14-16-18-20-22-24-26-28-30-31-32-33-34-35-36-37-38-39-40-41-42-43-45-46-48-50-52-54-56-58-60-62-64-66-73(76)80-70-72(71-82-84(78,79)81-69-68-75(3,4)5)83-74(77)67-65-63-61-59-57-55-53-51-49-47-44-29-27-25-23-21-19-17-15-13-11-9-7-2/h19,21,24-27,72H,6-18,20,22-23,28-71H2,1-5H3/p+1/b21-19-,26-24-,27-25-. The summed E-state index contributed by atoms with van der Waals surface area (Å²) in [6, 6.07) is 0. The highest BCUT2D eigenvalue weighted by atomic mass is 31.2. The predicted octanol–water partition coefficient (Wildman–Crippen LogP) is 23.8. The third-order valence-electron chi connectivity index (χ3n) is 16.6. The molecule has 0 rings (SSSR count). The average Bonchev–Trinajstić information content (AvgIpc) is 3.61. The van der Waals surface area contributed by atoms with Gasteiger partial charge in [-0.1, -0.05) is 326 Å². The molecular weight excluding hydrogens is 1060 g/mol. The number of hydrogen-bond donors (Lipinski definition) is 1. The van der Waals surface area contributed by atoms with Crippen LogP contribution in [0.25, 0.3) is 0 Å². The molecule has 0 spiro atoms. The van der Waals surface area contributed by atoms with Gasteiger partial charge in [0.05, 0.1) is 27.7 Å². The highest BCUT2D eigenvalue weighted by molar-refractivity contribution is 7.47. The second-order valence-electron chi connectivity index (χ2n) is 26.3. The van der Waals surface area contributed by atoms with E-state index in [0.717, 1.165) is 38.5 Å². The van der Waals surface area contributed by atoms with Crippen LogP contribution < -0.4 is 0 Å². The first-order valence-corrected chi connectivity index (χ1v) is 38.2. The molecule has 0 aliphatic rings. The lowest BCUT2D eigenvalue weighted by atomic mass is 10.0. The molecular formula is C74H143NO8P+. The lowest BCUT2D eigenvalue weighted by Crippen LogP contribution is -2.37. The zero-order chi connectivity index (χ0) is 61.2. The van der Waals surface area contributed by atoms with Crippen molar-refractivity contribution in [3.63, 3.8) is 0 Å². The van der Waals surface area contributed by atoms with E-state index in [1.165, 1.54) is 302 Å². The van der Waals surface area contributed by atoms with Crippen LogP contribution in [-0.2, 0) is 32.7 Å².